The van der Waals surface area contributed by atoms with Gasteiger partial charge < -0.3 is 33.9 Å². The van der Waals surface area contributed by atoms with Crippen LogP contribution in [0.4, 0.5) is 0 Å². The predicted octanol–water partition coefficient (Wildman–Crippen LogP) is 1.20. The van der Waals surface area contributed by atoms with E-state index < -0.39 is 34.3 Å². The van der Waals surface area contributed by atoms with E-state index in [1.165, 1.54) is 0 Å². The molecule has 0 amide bonds. The first-order chi connectivity index (χ1) is 12.6. The first-order valence-corrected chi connectivity index (χ1v) is 10.2. The van der Waals surface area contributed by atoms with Gasteiger partial charge in [0, 0.05) is 23.7 Å². The van der Waals surface area contributed by atoms with Crippen molar-refractivity contribution in [3.05, 3.63) is 0 Å². The fourth-order valence-corrected chi connectivity index (χ4v) is 7.02. The van der Waals surface area contributed by atoms with Gasteiger partial charge in [-0.25, -0.2) is 0 Å². The third-order valence-electron chi connectivity index (χ3n) is 8.28. The summed E-state index contributed by atoms with van der Waals surface area (Å²) in [6.45, 7) is 10.8. The molecule has 3 saturated heterocycles. The third-order valence-corrected chi connectivity index (χ3v) is 8.28. The topological polar surface area (TPSA) is 86.6 Å². The van der Waals surface area contributed by atoms with E-state index in [0.717, 1.165) is 12.8 Å². The molecule has 5 rings (SSSR count). The highest BCUT2D eigenvalue weighted by Crippen LogP contribution is 2.70. The van der Waals surface area contributed by atoms with Crippen LogP contribution in [0.1, 0.15) is 47.5 Å². The Labute approximate surface area is 160 Å². The molecule has 27 heavy (non-hydrogen) atoms. The van der Waals surface area contributed by atoms with Crippen molar-refractivity contribution in [2.75, 3.05) is 19.8 Å². The Balaban J connectivity index is 1.69. The van der Waals surface area contributed by atoms with Gasteiger partial charge in [-0.1, -0.05) is 13.8 Å². The largest absolute Gasteiger partial charge is 0.393 e. The number of ether oxygens (including phenoxy) is 5. The number of hydrogen-bond donors (Lipinski definition) is 2. The van der Waals surface area contributed by atoms with E-state index in [1.807, 2.05) is 27.7 Å². The number of rotatable bonds is 1. The standard InChI is InChI=1S/C20H32O7/c1-11-19(23-8-9-24-19)7-6-17(4)15-13(25-16(2,3)26-15)12-14(22)20(11,17)27-18(12,5)10-21/h11-15,21-22H,6-10H2,1-5H3/t11-,12-,13-,14-,15-,17+,18+,20-/m0/s1. The minimum atomic E-state index is -0.942. The van der Waals surface area contributed by atoms with Gasteiger partial charge in [-0.15, -0.1) is 0 Å². The minimum Gasteiger partial charge on any atom is -0.393 e. The van der Waals surface area contributed by atoms with Gasteiger partial charge in [0.05, 0.1) is 43.7 Å². The molecule has 0 aromatic rings. The molecule has 2 bridgehead atoms. The first-order valence-electron chi connectivity index (χ1n) is 10.2. The van der Waals surface area contributed by atoms with E-state index >= 15 is 0 Å². The summed E-state index contributed by atoms with van der Waals surface area (Å²) in [4.78, 5) is 0. The van der Waals surface area contributed by atoms with E-state index in [1.54, 1.807) is 0 Å². The normalized spacial score (nSPS) is 57.7. The summed E-state index contributed by atoms with van der Waals surface area (Å²) in [6, 6.07) is 0. The van der Waals surface area contributed by atoms with Gasteiger partial charge in [-0.3, -0.25) is 0 Å². The Kier molecular flexibility index (Phi) is 3.64. The van der Waals surface area contributed by atoms with Crippen molar-refractivity contribution in [2.24, 2.45) is 17.3 Å². The van der Waals surface area contributed by atoms with Crippen molar-refractivity contribution in [2.45, 2.75) is 88.5 Å². The molecule has 7 heteroatoms. The Morgan fingerprint density at radius 2 is 1.67 bits per heavy atom. The monoisotopic (exact) mass is 384 g/mol. The van der Waals surface area contributed by atoms with Gasteiger partial charge in [-0.05, 0) is 27.2 Å². The zero-order valence-corrected chi connectivity index (χ0v) is 16.9. The Bertz CT molecular complexity index is 646. The third kappa shape index (κ3) is 1.97. The predicted molar refractivity (Wildman–Crippen MR) is 93.8 cm³/mol. The molecule has 154 valence electrons. The maximum Gasteiger partial charge on any atom is 0.173 e. The van der Waals surface area contributed by atoms with Crippen molar-refractivity contribution in [3.8, 4) is 0 Å². The Morgan fingerprint density at radius 1 is 1.00 bits per heavy atom. The van der Waals surface area contributed by atoms with Crippen LogP contribution in [0.5, 0.6) is 0 Å². The molecule has 7 nitrogen and oxygen atoms in total. The average Bonchev–Trinajstić information content (AvgIpc) is 3.25. The van der Waals surface area contributed by atoms with Crippen molar-refractivity contribution in [1.29, 1.82) is 0 Å². The fourth-order valence-electron chi connectivity index (χ4n) is 7.02. The molecule has 5 fully saturated rings. The van der Waals surface area contributed by atoms with Crippen LogP contribution < -0.4 is 0 Å². The second kappa shape index (κ2) is 5.25. The van der Waals surface area contributed by atoms with Crippen LogP contribution in [0, 0.1) is 17.3 Å². The van der Waals surface area contributed by atoms with E-state index in [9.17, 15) is 10.2 Å². The van der Waals surface area contributed by atoms with Crippen molar-refractivity contribution >= 4 is 0 Å². The lowest BCUT2D eigenvalue weighted by Gasteiger charge is -2.62. The fraction of sp³-hybridized carbons (Fsp3) is 1.00. The SMILES string of the molecule is C[C@H]1C2(CC[C@]3(C)[C@H]4OC(C)(C)O[C@H]4[C@H]4[C@H](O)[C@@]13O[C@]4(C)CO)OCCO2. The first kappa shape index (κ1) is 18.7. The summed E-state index contributed by atoms with van der Waals surface area (Å²) < 4.78 is 31.6. The van der Waals surface area contributed by atoms with Crippen molar-refractivity contribution in [3.63, 3.8) is 0 Å². The summed E-state index contributed by atoms with van der Waals surface area (Å²) in [7, 11) is 0. The zero-order valence-electron chi connectivity index (χ0n) is 16.9. The second-order valence-corrected chi connectivity index (χ2v) is 10.0. The molecule has 2 saturated carbocycles. The highest BCUT2D eigenvalue weighted by atomic mass is 16.8. The smallest absolute Gasteiger partial charge is 0.173 e. The molecule has 2 N–H and O–H groups in total. The highest BCUT2D eigenvalue weighted by molar-refractivity contribution is 5.28. The van der Waals surface area contributed by atoms with E-state index in [0.29, 0.717) is 13.2 Å². The van der Waals surface area contributed by atoms with Crippen LogP contribution in [0.25, 0.3) is 0 Å². The molecule has 8 atom stereocenters. The Morgan fingerprint density at radius 3 is 2.30 bits per heavy atom. The molecular formula is C20H32O7. The van der Waals surface area contributed by atoms with Gasteiger partial charge in [0.15, 0.2) is 11.6 Å². The van der Waals surface area contributed by atoms with Crippen LogP contribution in [-0.2, 0) is 23.7 Å². The number of aliphatic hydroxyl groups is 2. The van der Waals surface area contributed by atoms with Gasteiger partial charge in [-0.2, -0.15) is 0 Å². The molecule has 2 spiro atoms. The van der Waals surface area contributed by atoms with E-state index in [4.69, 9.17) is 23.7 Å². The Hall–Kier alpha value is -0.280. The zero-order chi connectivity index (χ0) is 19.5. The van der Waals surface area contributed by atoms with Crippen LogP contribution in [-0.4, -0.2) is 71.1 Å². The molecule has 0 radical (unpaired) electrons. The summed E-state index contributed by atoms with van der Waals surface area (Å²) >= 11 is 0. The van der Waals surface area contributed by atoms with E-state index in [2.05, 4.69) is 6.92 Å². The van der Waals surface area contributed by atoms with Crippen LogP contribution >= 0.6 is 0 Å². The number of fused-ring (bicyclic) bond motifs is 4. The second-order valence-electron chi connectivity index (χ2n) is 10.0. The summed E-state index contributed by atoms with van der Waals surface area (Å²) in [5.41, 5.74) is -2.35. The number of aliphatic hydroxyl groups excluding tert-OH is 2. The van der Waals surface area contributed by atoms with Crippen LogP contribution in [0.3, 0.4) is 0 Å². The molecule has 0 aromatic heterocycles. The lowest BCUT2D eigenvalue weighted by Crippen LogP contribution is -2.74. The summed E-state index contributed by atoms with van der Waals surface area (Å²) in [5, 5.41) is 21.9. The molecule has 2 aliphatic carbocycles. The van der Waals surface area contributed by atoms with Gasteiger partial charge in [0.1, 0.15) is 5.60 Å². The molecule has 5 aliphatic rings. The molecule has 0 aromatic carbocycles. The number of hydrogen-bond acceptors (Lipinski definition) is 7. The molecule has 3 heterocycles. The quantitative estimate of drug-likeness (QED) is 0.702. The minimum absolute atomic E-state index is 0.193. The lowest BCUT2D eigenvalue weighted by atomic mass is 9.48. The van der Waals surface area contributed by atoms with Gasteiger partial charge >= 0.3 is 0 Å². The van der Waals surface area contributed by atoms with Crippen LogP contribution in [0.15, 0.2) is 0 Å². The molecule has 0 unspecified atom stereocenters. The van der Waals surface area contributed by atoms with Crippen LogP contribution in [0.2, 0.25) is 0 Å². The maximum absolute atomic E-state index is 11.7. The summed E-state index contributed by atoms with van der Waals surface area (Å²) in [5.74, 6) is -2.10. The average molecular weight is 384 g/mol. The van der Waals surface area contributed by atoms with E-state index in [-0.39, 0.29) is 30.7 Å². The van der Waals surface area contributed by atoms with Crippen molar-refractivity contribution in [1.82, 2.24) is 0 Å². The van der Waals surface area contributed by atoms with Crippen molar-refractivity contribution < 1.29 is 33.9 Å². The van der Waals surface area contributed by atoms with Gasteiger partial charge in [0.2, 0.25) is 0 Å². The molecule has 3 aliphatic heterocycles. The highest BCUT2D eigenvalue weighted by Gasteiger charge is 2.82. The lowest BCUT2D eigenvalue weighted by molar-refractivity contribution is -0.337. The van der Waals surface area contributed by atoms with Gasteiger partial charge in [0.25, 0.3) is 0 Å². The summed E-state index contributed by atoms with van der Waals surface area (Å²) in [6.07, 6.45) is 0.0764. The molecular weight excluding hydrogens is 352 g/mol. The maximum atomic E-state index is 11.7.